The van der Waals surface area contributed by atoms with Crippen molar-refractivity contribution < 1.29 is 10.2 Å². The molecule has 5 nitrogen and oxygen atoms in total. The fraction of sp³-hybridized carbons (Fsp3) is 0.300. The normalized spacial score (nSPS) is 11.7. The third-order valence-corrected chi connectivity index (χ3v) is 4.87. The first-order chi connectivity index (χ1) is 13.9. The van der Waals surface area contributed by atoms with Gasteiger partial charge in [-0.2, -0.15) is 0 Å². The predicted molar refractivity (Wildman–Crippen MR) is 123 cm³/mol. The molecule has 2 rings (SSSR count). The number of aromatic hydroxyl groups is 2. The van der Waals surface area contributed by atoms with Gasteiger partial charge in [-0.05, 0) is 50.2 Å². The van der Waals surface area contributed by atoms with Crippen molar-refractivity contribution in [2.24, 2.45) is 9.98 Å². The van der Waals surface area contributed by atoms with E-state index in [4.69, 9.17) is 46.4 Å². The number of aliphatic imine (C=N–C) groups is 2. The molecular weight excluding hydrogens is 456 g/mol. The Morgan fingerprint density at radius 1 is 0.724 bits per heavy atom. The van der Waals surface area contributed by atoms with Crippen molar-refractivity contribution in [3.8, 4) is 11.5 Å². The summed E-state index contributed by atoms with van der Waals surface area (Å²) in [6.45, 7) is 2.86. The average Bonchev–Trinajstić information content (AvgIpc) is 2.67. The number of nitrogens with one attached hydrogen (secondary N) is 1. The molecule has 0 aromatic heterocycles. The van der Waals surface area contributed by atoms with Gasteiger partial charge in [-0.1, -0.05) is 46.4 Å². The summed E-state index contributed by atoms with van der Waals surface area (Å²) in [5, 5.41) is 24.3. The van der Waals surface area contributed by atoms with E-state index in [2.05, 4.69) is 15.3 Å². The molecule has 0 unspecified atom stereocenters. The molecule has 0 fully saturated rings. The Bertz CT molecular complexity index is 817. The average molecular weight is 477 g/mol. The van der Waals surface area contributed by atoms with E-state index in [-0.39, 0.29) is 21.5 Å². The van der Waals surface area contributed by atoms with E-state index >= 15 is 0 Å². The van der Waals surface area contributed by atoms with E-state index in [0.717, 1.165) is 25.9 Å². The molecule has 156 valence electrons. The third kappa shape index (κ3) is 8.03. The second-order valence-corrected chi connectivity index (χ2v) is 7.87. The van der Waals surface area contributed by atoms with Gasteiger partial charge in [0.2, 0.25) is 0 Å². The molecule has 2 aromatic rings. The molecule has 0 radical (unpaired) electrons. The summed E-state index contributed by atoms with van der Waals surface area (Å²) >= 11 is 23.6. The number of hydrogen-bond donors (Lipinski definition) is 3. The van der Waals surface area contributed by atoms with Crippen molar-refractivity contribution >= 4 is 58.8 Å². The summed E-state index contributed by atoms with van der Waals surface area (Å²) in [6.07, 6.45) is 4.84. The molecule has 0 spiro atoms. The van der Waals surface area contributed by atoms with Gasteiger partial charge >= 0.3 is 0 Å². The number of phenolic OH excluding ortho intramolecular Hbond substituents is 2. The summed E-state index contributed by atoms with van der Waals surface area (Å²) in [7, 11) is 0. The first-order valence-electron chi connectivity index (χ1n) is 8.95. The van der Waals surface area contributed by atoms with Crippen molar-refractivity contribution in [2.45, 2.75) is 12.8 Å². The molecule has 0 amide bonds. The highest BCUT2D eigenvalue weighted by atomic mass is 35.5. The minimum Gasteiger partial charge on any atom is -0.506 e. The maximum atomic E-state index is 9.85. The smallest absolute Gasteiger partial charge is 0.143 e. The van der Waals surface area contributed by atoms with Gasteiger partial charge in [0, 0.05) is 46.7 Å². The van der Waals surface area contributed by atoms with Crippen LogP contribution >= 0.6 is 46.4 Å². The van der Waals surface area contributed by atoms with Crippen LogP contribution in [0.1, 0.15) is 24.0 Å². The van der Waals surface area contributed by atoms with Crippen LogP contribution in [0.25, 0.3) is 0 Å². The molecule has 0 heterocycles. The SMILES string of the molecule is Oc1c(Cl)cc(Cl)cc1C=NCCCNCCCN=Cc1cc(Cl)cc(Cl)c1O. The molecule has 0 atom stereocenters. The van der Waals surface area contributed by atoms with Crippen molar-refractivity contribution in [1.29, 1.82) is 0 Å². The highest BCUT2D eigenvalue weighted by molar-refractivity contribution is 6.36. The van der Waals surface area contributed by atoms with Gasteiger partial charge in [-0.15, -0.1) is 0 Å². The monoisotopic (exact) mass is 475 g/mol. The molecule has 3 N–H and O–H groups in total. The van der Waals surface area contributed by atoms with E-state index in [0.29, 0.717) is 34.3 Å². The molecule has 0 aliphatic rings. The van der Waals surface area contributed by atoms with Gasteiger partial charge in [0.15, 0.2) is 0 Å². The molecule has 0 aliphatic heterocycles. The van der Waals surface area contributed by atoms with E-state index in [9.17, 15) is 10.2 Å². The van der Waals surface area contributed by atoms with Gasteiger partial charge < -0.3 is 15.5 Å². The molecule has 9 heteroatoms. The zero-order chi connectivity index (χ0) is 21.2. The molecule has 0 saturated heterocycles. The van der Waals surface area contributed by atoms with Gasteiger partial charge in [-0.25, -0.2) is 0 Å². The van der Waals surface area contributed by atoms with Gasteiger partial charge in [0.05, 0.1) is 10.0 Å². The lowest BCUT2D eigenvalue weighted by molar-refractivity contribution is 0.474. The summed E-state index contributed by atoms with van der Waals surface area (Å²) in [6, 6.07) is 6.19. The van der Waals surface area contributed by atoms with E-state index in [1.165, 1.54) is 12.1 Å². The number of halogens is 4. The zero-order valence-corrected chi connectivity index (χ0v) is 18.5. The highest BCUT2D eigenvalue weighted by Gasteiger charge is 2.06. The standard InChI is InChI=1S/C20H21Cl4N3O2/c21-15-7-13(19(28)17(23)9-15)11-26-5-1-3-25-4-2-6-27-12-14-8-16(22)10-18(24)20(14)29/h7-12,25,28-29H,1-6H2. The highest BCUT2D eigenvalue weighted by Crippen LogP contribution is 2.30. The van der Waals surface area contributed by atoms with Gasteiger partial charge in [0.1, 0.15) is 11.5 Å². The lowest BCUT2D eigenvalue weighted by Crippen LogP contribution is -2.18. The number of phenols is 2. The summed E-state index contributed by atoms with van der Waals surface area (Å²) in [5.41, 5.74) is 1.00. The zero-order valence-electron chi connectivity index (χ0n) is 15.5. The van der Waals surface area contributed by atoms with E-state index < -0.39 is 0 Å². The number of benzene rings is 2. The van der Waals surface area contributed by atoms with Crippen LogP contribution in [-0.4, -0.2) is 48.8 Å². The lowest BCUT2D eigenvalue weighted by Gasteiger charge is -2.04. The molecular formula is C20H21Cl4N3O2. The Morgan fingerprint density at radius 3 is 1.55 bits per heavy atom. The largest absolute Gasteiger partial charge is 0.506 e. The number of hydrogen-bond acceptors (Lipinski definition) is 5. The second-order valence-electron chi connectivity index (χ2n) is 6.18. The minimum atomic E-state index is -0.0214. The Hall–Kier alpha value is -1.50. The quantitative estimate of drug-likeness (QED) is 0.307. The second kappa shape index (κ2) is 12.3. The predicted octanol–water partition coefficient (Wildman–Crippen LogP) is 5.62. The molecule has 0 bridgehead atoms. The Labute approximate surface area is 190 Å². The van der Waals surface area contributed by atoms with Crippen LogP contribution < -0.4 is 5.32 Å². The summed E-state index contributed by atoms with van der Waals surface area (Å²) < 4.78 is 0. The number of rotatable bonds is 10. The van der Waals surface area contributed by atoms with Crippen LogP contribution in [0.2, 0.25) is 20.1 Å². The summed E-state index contributed by atoms with van der Waals surface area (Å²) in [4.78, 5) is 8.55. The molecule has 2 aromatic carbocycles. The minimum absolute atomic E-state index is 0.0214. The Kier molecular flexibility index (Phi) is 10.0. The van der Waals surface area contributed by atoms with Crippen molar-refractivity contribution in [1.82, 2.24) is 5.32 Å². The van der Waals surface area contributed by atoms with Crippen LogP contribution in [0.15, 0.2) is 34.3 Å². The van der Waals surface area contributed by atoms with Crippen molar-refractivity contribution in [2.75, 3.05) is 26.2 Å². The van der Waals surface area contributed by atoms with Crippen molar-refractivity contribution in [3.05, 3.63) is 55.5 Å². The molecule has 29 heavy (non-hydrogen) atoms. The van der Waals surface area contributed by atoms with E-state index in [1.807, 2.05) is 0 Å². The Morgan fingerprint density at radius 2 is 1.14 bits per heavy atom. The fourth-order valence-electron chi connectivity index (χ4n) is 2.41. The van der Waals surface area contributed by atoms with Gasteiger partial charge in [0.25, 0.3) is 0 Å². The van der Waals surface area contributed by atoms with E-state index in [1.54, 1.807) is 24.6 Å². The van der Waals surface area contributed by atoms with Gasteiger partial charge in [-0.3, -0.25) is 9.98 Å². The van der Waals surface area contributed by atoms with Crippen LogP contribution in [-0.2, 0) is 0 Å². The lowest BCUT2D eigenvalue weighted by atomic mass is 10.2. The van der Waals surface area contributed by atoms with Crippen molar-refractivity contribution in [3.63, 3.8) is 0 Å². The fourth-order valence-corrected chi connectivity index (χ4v) is 3.43. The topological polar surface area (TPSA) is 77.2 Å². The summed E-state index contributed by atoms with van der Waals surface area (Å²) in [5.74, 6) is -0.0429. The maximum absolute atomic E-state index is 9.85. The van der Waals surface area contributed by atoms with Crippen LogP contribution in [0.3, 0.4) is 0 Å². The molecule has 0 aliphatic carbocycles. The third-order valence-electron chi connectivity index (χ3n) is 3.86. The first kappa shape index (κ1) is 23.8. The first-order valence-corrected chi connectivity index (χ1v) is 10.5. The van der Waals surface area contributed by atoms with Crippen LogP contribution in [0.5, 0.6) is 11.5 Å². The maximum Gasteiger partial charge on any atom is 0.143 e. The van der Waals surface area contributed by atoms with Crippen LogP contribution in [0.4, 0.5) is 0 Å². The van der Waals surface area contributed by atoms with Crippen LogP contribution in [0, 0.1) is 0 Å². The number of nitrogens with zero attached hydrogens (tertiary/aromatic N) is 2. The molecule has 0 saturated carbocycles. The Balaban J connectivity index is 1.60.